The number of aromatic nitrogens is 4. The monoisotopic (exact) mass is 303 g/mol. The topological polar surface area (TPSA) is 69.1 Å². The number of hydrogen-bond donors (Lipinski definition) is 1. The number of nitrogens with zero attached hydrogens (tertiary/aromatic N) is 4. The van der Waals surface area contributed by atoms with E-state index in [1.54, 1.807) is 24.5 Å². The van der Waals surface area contributed by atoms with E-state index < -0.39 is 0 Å². The summed E-state index contributed by atoms with van der Waals surface area (Å²) in [4.78, 5) is 13.0. The van der Waals surface area contributed by atoms with Crippen molar-refractivity contribution in [1.29, 1.82) is 0 Å². The van der Waals surface area contributed by atoms with E-state index in [1.165, 1.54) is 0 Å². The van der Waals surface area contributed by atoms with Crippen molar-refractivity contribution in [2.45, 2.75) is 6.92 Å². The molecule has 114 valence electrons. The van der Waals surface area contributed by atoms with E-state index in [1.807, 2.05) is 47.9 Å². The molecule has 0 radical (unpaired) electrons. The van der Waals surface area contributed by atoms with Gasteiger partial charge in [0.2, 0.25) is 5.78 Å². The maximum absolute atomic E-state index is 5.79. The summed E-state index contributed by atoms with van der Waals surface area (Å²) in [5.74, 6) is 0.993. The lowest BCUT2D eigenvalue weighted by atomic mass is 10.1. The van der Waals surface area contributed by atoms with Gasteiger partial charge in [-0.25, -0.2) is 4.98 Å². The van der Waals surface area contributed by atoms with Crippen molar-refractivity contribution < 1.29 is 0 Å². The van der Waals surface area contributed by atoms with Gasteiger partial charge in [0.05, 0.1) is 11.4 Å². The van der Waals surface area contributed by atoms with Gasteiger partial charge in [0, 0.05) is 29.7 Å². The highest BCUT2D eigenvalue weighted by Crippen LogP contribution is 2.30. The zero-order valence-corrected chi connectivity index (χ0v) is 12.8. The van der Waals surface area contributed by atoms with Crippen molar-refractivity contribution in [3.8, 4) is 11.3 Å². The first-order valence-corrected chi connectivity index (χ1v) is 7.25. The molecule has 2 N–H and O–H groups in total. The fourth-order valence-corrected chi connectivity index (χ4v) is 2.38. The molecule has 3 aromatic rings. The van der Waals surface area contributed by atoms with Crippen molar-refractivity contribution >= 4 is 17.2 Å². The number of hydrogen-bond acceptors (Lipinski definition) is 4. The zero-order valence-electron chi connectivity index (χ0n) is 12.8. The van der Waals surface area contributed by atoms with Crippen molar-refractivity contribution in [1.82, 2.24) is 19.4 Å². The van der Waals surface area contributed by atoms with Gasteiger partial charge in [0.15, 0.2) is 0 Å². The number of nitrogen functional groups attached to an aromatic ring is 1. The summed E-state index contributed by atoms with van der Waals surface area (Å²) in [6.45, 7) is 5.87. The van der Waals surface area contributed by atoms with E-state index in [0.29, 0.717) is 11.6 Å². The lowest BCUT2D eigenvalue weighted by Gasteiger charge is -2.05. The first-order chi connectivity index (χ1) is 11.2. The van der Waals surface area contributed by atoms with Crippen molar-refractivity contribution in [3.05, 3.63) is 73.4 Å². The molecular formula is C18H17N5. The van der Waals surface area contributed by atoms with Crippen LogP contribution in [0.1, 0.15) is 12.6 Å². The van der Waals surface area contributed by atoms with E-state index in [9.17, 15) is 0 Å². The Morgan fingerprint density at radius 2 is 2.00 bits per heavy atom. The first-order valence-electron chi connectivity index (χ1n) is 7.25. The highest BCUT2D eigenvalue weighted by molar-refractivity contribution is 5.84. The van der Waals surface area contributed by atoms with Gasteiger partial charge < -0.3 is 5.73 Å². The summed E-state index contributed by atoms with van der Waals surface area (Å²) < 4.78 is 1.92. The Balaban J connectivity index is 2.34. The molecule has 0 aliphatic rings. The molecule has 0 amide bonds. The van der Waals surface area contributed by atoms with Crippen LogP contribution in [0.3, 0.4) is 0 Å². The van der Waals surface area contributed by atoms with Crippen LogP contribution in [0.5, 0.6) is 0 Å². The predicted octanol–water partition coefficient (Wildman–Crippen LogP) is 3.52. The Labute approximate surface area is 134 Å². The minimum Gasteiger partial charge on any atom is -0.384 e. The smallest absolute Gasteiger partial charge is 0.236 e. The predicted molar refractivity (Wildman–Crippen MR) is 93.6 cm³/mol. The van der Waals surface area contributed by atoms with Gasteiger partial charge >= 0.3 is 0 Å². The van der Waals surface area contributed by atoms with Crippen LogP contribution < -0.4 is 5.73 Å². The molecule has 3 aromatic heterocycles. The molecule has 0 atom stereocenters. The Morgan fingerprint density at radius 1 is 1.22 bits per heavy atom. The van der Waals surface area contributed by atoms with Crippen molar-refractivity contribution in [2.75, 3.05) is 5.73 Å². The van der Waals surface area contributed by atoms with E-state index >= 15 is 0 Å². The van der Waals surface area contributed by atoms with Crippen LogP contribution in [-0.2, 0) is 0 Å². The summed E-state index contributed by atoms with van der Waals surface area (Å²) in [7, 11) is 0. The second-order valence-electron chi connectivity index (χ2n) is 4.92. The summed E-state index contributed by atoms with van der Waals surface area (Å²) >= 11 is 0. The molecule has 0 bridgehead atoms. The molecular weight excluding hydrogens is 286 g/mol. The second kappa shape index (κ2) is 6.27. The summed E-state index contributed by atoms with van der Waals surface area (Å²) in [5, 5.41) is 0. The molecule has 0 aliphatic heterocycles. The quantitative estimate of drug-likeness (QED) is 0.749. The highest BCUT2D eigenvalue weighted by Gasteiger charge is 2.16. The van der Waals surface area contributed by atoms with Crippen molar-refractivity contribution in [3.63, 3.8) is 0 Å². The number of rotatable bonds is 4. The molecule has 0 aromatic carbocycles. The summed E-state index contributed by atoms with van der Waals surface area (Å²) in [6.07, 6.45) is 13.1. The Bertz CT molecular complexity index is 904. The SMILES string of the molecule is C=C/C(=C\C=C/C)c1nc2nc(N)ccn2c1-c1ccncc1. The van der Waals surface area contributed by atoms with Gasteiger partial charge in [-0.2, -0.15) is 4.98 Å². The third-order valence-electron chi connectivity index (χ3n) is 3.43. The lowest BCUT2D eigenvalue weighted by molar-refractivity contribution is 1.12. The molecule has 3 rings (SSSR count). The Kier molecular flexibility index (Phi) is 4.01. The maximum atomic E-state index is 5.79. The third kappa shape index (κ3) is 2.76. The van der Waals surface area contributed by atoms with E-state index in [2.05, 4.69) is 21.5 Å². The normalized spacial score (nSPS) is 12.1. The fourth-order valence-electron chi connectivity index (χ4n) is 2.38. The van der Waals surface area contributed by atoms with E-state index in [0.717, 1.165) is 22.5 Å². The third-order valence-corrected chi connectivity index (χ3v) is 3.43. The van der Waals surface area contributed by atoms with Gasteiger partial charge in [-0.1, -0.05) is 30.9 Å². The molecule has 5 heteroatoms. The average molecular weight is 303 g/mol. The standard InChI is InChI=1S/C18H17N5/c1-3-5-6-13(4-2)16-17(14-7-10-20-11-8-14)23-12-9-15(19)21-18(23)22-16/h3-12H,2H2,1H3,(H2,19,21,22)/b5-3-,13-6+. The van der Waals surface area contributed by atoms with Crippen LogP contribution in [0.25, 0.3) is 22.6 Å². The Morgan fingerprint density at radius 3 is 2.70 bits per heavy atom. The molecule has 0 fully saturated rings. The number of anilines is 1. The van der Waals surface area contributed by atoms with Crippen molar-refractivity contribution in [2.24, 2.45) is 0 Å². The molecule has 0 saturated carbocycles. The van der Waals surface area contributed by atoms with Crippen LogP contribution >= 0.6 is 0 Å². The molecule has 0 spiro atoms. The average Bonchev–Trinajstić information content (AvgIpc) is 2.94. The fraction of sp³-hybridized carbons (Fsp3) is 0.0556. The number of allylic oxidation sites excluding steroid dienone is 5. The molecule has 0 aliphatic carbocycles. The van der Waals surface area contributed by atoms with E-state index in [-0.39, 0.29) is 0 Å². The first kappa shape index (κ1) is 14.7. The molecule has 5 nitrogen and oxygen atoms in total. The van der Waals surface area contributed by atoms with Gasteiger partial charge in [0.25, 0.3) is 0 Å². The minimum absolute atomic E-state index is 0.438. The van der Waals surface area contributed by atoms with Crippen LogP contribution in [0.4, 0.5) is 5.82 Å². The molecule has 0 unspecified atom stereocenters. The van der Waals surface area contributed by atoms with Gasteiger partial charge in [0.1, 0.15) is 5.82 Å². The van der Waals surface area contributed by atoms with Crippen LogP contribution in [0.15, 0.2) is 67.7 Å². The minimum atomic E-state index is 0.438. The number of pyridine rings is 1. The van der Waals surface area contributed by atoms with Crippen LogP contribution in [0, 0.1) is 0 Å². The lowest BCUT2D eigenvalue weighted by Crippen LogP contribution is -1.95. The Hall–Kier alpha value is -3.21. The largest absolute Gasteiger partial charge is 0.384 e. The number of imidazole rings is 1. The van der Waals surface area contributed by atoms with Crippen LogP contribution in [0.2, 0.25) is 0 Å². The van der Waals surface area contributed by atoms with Gasteiger partial charge in [-0.3, -0.25) is 9.38 Å². The second-order valence-corrected chi connectivity index (χ2v) is 4.92. The van der Waals surface area contributed by atoms with Crippen LogP contribution in [-0.4, -0.2) is 19.4 Å². The van der Waals surface area contributed by atoms with E-state index in [4.69, 9.17) is 5.73 Å². The number of nitrogens with two attached hydrogens (primary N) is 1. The van der Waals surface area contributed by atoms with Gasteiger partial charge in [-0.15, -0.1) is 0 Å². The highest BCUT2D eigenvalue weighted by atomic mass is 15.1. The summed E-state index contributed by atoms with van der Waals surface area (Å²) in [5.41, 5.74) is 9.45. The molecule has 23 heavy (non-hydrogen) atoms. The summed E-state index contributed by atoms with van der Waals surface area (Å²) in [6, 6.07) is 5.64. The zero-order chi connectivity index (χ0) is 16.2. The van der Waals surface area contributed by atoms with Gasteiger partial charge in [-0.05, 0) is 25.1 Å². The molecule has 0 saturated heterocycles. The maximum Gasteiger partial charge on any atom is 0.236 e. The number of fused-ring (bicyclic) bond motifs is 1. The molecule has 3 heterocycles.